The number of aliphatic hydroxyl groups is 3. The molecule has 0 bridgehead atoms. The van der Waals surface area contributed by atoms with Gasteiger partial charge < -0.3 is 20.1 Å². The van der Waals surface area contributed by atoms with Gasteiger partial charge >= 0.3 is 5.97 Å². The van der Waals surface area contributed by atoms with Crippen molar-refractivity contribution in [3.8, 4) is 0 Å². The largest absolute Gasteiger partial charge is 0.458 e. The first kappa shape index (κ1) is 29.9. The molecule has 37 heavy (non-hydrogen) atoms. The third-order valence-electron chi connectivity index (χ3n) is 8.31. The number of nitrogens with zero attached hydrogens (tertiary/aromatic N) is 2. The quantitative estimate of drug-likeness (QED) is 0.396. The van der Waals surface area contributed by atoms with Crippen molar-refractivity contribution < 1.29 is 29.6 Å². The number of thiazole rings is 1. The van der Waals surface area contributed by atoms with Crippen LogP contribution in [0.25, 0.3) is 6.08 Å². The van der Waals surface area contributed by atoms with Gasteiger partial charge in [-0.2, -0.15) is 0 Å². The lowest BCUT2D eigenvalue weighted by molar-refractivity contribution is -0.154. The summed E-state index contributed by atoms with van der Waals surface area (Å²) < 4.78 is 5.94. The first-order chi connectivity index (χ1) is 17.4. The fourth-order valence-electron chi connectivity index (χ4n) is 5.65. The zero-order valence-electron chi connectivity index (χ0n) is 23.0. The fraction of sp³-hybridized carbons (Fsp3) is 0.750. The van der Waals surface area contributed by atoms with Crippen LogP contribution in [-0.2, 0) is 14.3 Å². The SMILES string of the molecule is C/C(=C\c1csc(C)n1)C1C[C@H]2[C@@H](CCCC(C)[C@H](O)[C@@H](C)C(=O)C(C)(C)[C@@H](O)CC(=O)O1)N2CCO. The molecular formula is C28H44N2O6S. The molecule has 3 unspecified atom stereocenters. The highest BCUT2D eigenvalue weighted by Crippen LogP contribution is 2.39. The second kappa shape index (κ2) is 12.5. The molecule has 0 saturated carbocycles. The highest BCUT2D eigenvalue weighted by molar-refractivity contribution is 7.09. The number of aliphatic hydroxyl groups excluding tert-OH is 3. The summed E-state index contributed by atoms with van der Waals surface area (Å²) in [5.41, 5.74) is 0.467. The summed E-state index contributed by atoms with van der Waals surface area (Å²) in [6.07, 6.45) is 2.19. The van der Waals surface area contributed by atoms with Crippen molar-refractivity contribution in [3.05, 3.63) is 21.7 Å². The molecule has 8 nitrogen and oxygen atoms in total. The second-order valence-corrected chi connectivity index (χ2v) is 12.5. The number of ether oxygens (including phenoxy) is 1. The molecule has 3 heterocycles. The smallest absolute Gasteiger partial charge is 0.309 e. The van der Waals surface area contributed by atoms with Crippen LogP contribution in [0.1, 0.15) is 77.4 Å². The van der Waals surface area contributed by atoms with Crippen molar-refractivity contribution in [2.75, 3.05) is 13.2 Å². The minimum absolute atomic E-state index is 0.0559. The van der Waals surface area contributed by atoms with Crippen LogP contribution in [0.4, 0.5) is 0 Å². The van der Waals surface area contributed by atoms with Gasteiger partial charge in [0.15, 0.2) is 0 Å². The zero-order chi connectivity index (χ0) is 27.5. The number of hydrogen-bond donors (Lipinski definition) is 3. The molecule has 0 aliphatic carbocycles. The predicted octanol–water partition coefficient (Wildman–Crippen LogP) is 3.37. The standard InChI is InChI=1S/C28H44N2O6S/c1-16-8-7-9-21-22(30(21)10-11-31)13-23(17(2)12-20-15-37-19(4)29-20)36-25(33)14-24(32)28(5,6)27(35)18(3)26(16)34/h12,15-16,18,21-24,26,31-32,34H,7-11,13-14H2,1-6H3/b17-12+/t16?,18-,21-,22+,23?,24+,26+,30?/m1/s1. The second-order valence-electron chi connectivity index (χ2n) is 11.5. The van der Waals surface area contributed by atoms with E-state index in [1.807, 2.05) is 32.2 Å². The van der Waals surface area contributed by atoms with E-state index >= 15 is 0 Å². The number of esters is 1. The Morgan fingerprint density at radius 2 is 1.95 bits per heavy atom. The van der Waals surface area contributed by atoms with Gasteiger partial charge in [-0.3, -0.25) is 14.5 Å². The highest BCUT2D eigenvalue weighted by Gasteiger charge is 2.48. The van der Waals surface area contributed by atoms with Crippen LogP contribution >= 0.6 is 11.3 Å². The monoisotopic (exact) mass is 536 g/mol. The van der Waals surface area contributed by atoms with Gasteiger partial charge in [0.1, 0.15) is 11.9 Å². The van der Waals surface area contributed by atoms with E-state index in [4.69, 9.17) is 4.74 Å². The number of cyclic esters (lactones) is 1. The first-order valence-electron chi connectivity index (χ1n) is 13.4. The Bertz CT molecular complexity index is 976. The summed E-state index contributed by atoms with van der Waals surface area (Å²) in [6.45, 7) is 11.4. The van der Waals surface area contributed by atoms with Gasteiger partial charge in [0.2, 0.25) is 0 Å². The third-order valence-corrected chi connectivity index (χ3v) is 9.10. The summed E-state index contributed by atoms with van der Waals surface area (Å²) in [7, 11) is 0. The van der Waals surface area contributed by atoms with Crippen LogP contribution in [0, 0.1) is 24.2 Å². The van der Waals surface area contributed by atoms with E-state index in [9.17, 15) is 24.9 Å². The number of β-amino-alcohol motifs (C(OH)–C–C–N with tert-alkyl or cyclic N) is 1. The lowest BCUT2D eigenvalue weighted by Crippen LogP contribution is -2.45. The molecule has 0 aromatic carbocycles. The minimum Gasteiger partial charge on any atom is -0.458 e. The Balaban J connectivity index is 1.88. The van der Waals surface area contributed by atoms with Crippen molar-refractivity contribution in [3.63, 3.8) is 0 Å². The molecule has 0 radical (unpaired) electrons. The van der Waals surface area contributed by atoms with Gasteiger partial charge in [0.05, 0.1) is 41.4 Å². The topological polar surface area (TPSA) is 120 Å². The number of rotatable bonds is 4. The minimum atomic E-state index is -1.24. The van der Waals surface area contributed by atoms with Crippen LogP contribution in [0.3, 0.4) is 0 Å². The van der Waals surface area contributed by atoms with Gasteiger partial charge in [-0.25, -0.2) is 4.98 Å². The number of carbonyl (C=O) groups is 2. The number of fused-ring (bicyclic) bond motifs is 1. The van der Waals surface area contributed by atoms with Crippen molar-refractivity contribution in [2.45, 2.75) is 104 Å². The van der Waals surface area contributed by atoms with Crippen LogP contribution in [0.15, 0.2) is 11.0 Å². The molecule has 1 aromatic heterocycles. The van der Waals surface area contributed by atoms with Crippen LogP contribution in [0.2, 0.25) is 0 Å². The van der Waals surface area contributed by atoms with Crippen LogP contribution in [-0.4, -0.2) is 80.5 Å². The van der Waals surface area contributed by atoms with Gasteiger partial charge in [0, 0.05) is 36.3 Å². The number of ketones is 1. The van der Waals surface area contributed by atoms with Gasteiger partial charge in [-0.15, -0.1) is 11.3 Å². The normalized spacial score (nSPS) is 36.1. The van der Waals surface area contributed by atoms with Crippen LogP contribution < -0.4 is 0 Å². The lowest BCUT2D eigenvalue weighted by Gasteiger charge is -2.34. The third kappa shape index (κ3) is 7.26. The molecule has 8 atom stereocenters. The van der Waals surface area contributed by atoms with Crippen molar-refractivity contribution >= 4 is 29.2 Å². The van der Waals surface area contributed by atoms with E-state index in [1.54, 1.807) is 32.1 Å². The first-order valence-corrected chi connectivity index (χ1v) is 14.3. The zero-order valence-corrected chi connectivity index (χ0v) is 23.8. The summed E-state index contributed by atoms with van der Waals surface area (Å²) >= 11 is 1.55. The number of aryl methyl sites for hydroxylation is 1. The van der Waals surface area contributed by atoms with Gasteiger partial charge in [-0.05, 0) is 44.3 Å². The molecule has 1 aromatic rings. The Morgan fingerprint density at radius 3 is 2.57 bits per heavy atom. The maximum Gasteiger partial charge on any atom is 0.309 e. The Hall–Kier alpha value is -1.65. The van der Waals surface area contributed by atoms with Crippen molar-refractivity contribution in [2.24, 2.45) is 17.3 Å². The molecule has 2 saturated heterocycles. The maximum absolute atomic E-state index is 13.3. The molecule has 2 aliphatic rings. The summed E-state index contributed by atoms with van der Waals surface area (Å²) in [6, 6.07) is 0.434. The summed E-state index contributed by atoms with van der Waals surface area (Å²) in [4.78, 5) is 33.1. The van der Waals surface area contributed by atoms with E-state index < -0.39 is 35.6 Å². The Kier molecular flexibility index (Phi) is 10.1. The Morgan fingerprint density at radius 1 is 1.24 bits per heavy atom. The van der Waals surface area contributed by atoms with E-state index in [0.29, 0.717) is 13.0 Å². The van der Waals surface area contributed by atoms with E-state index in [1.165, 1.54) is 0 Å². The lowest BCUT2D eigenvalue weighted by atomic mass is 9.73. The number of hydrogen-bond acceptors (Lipinski definition) is 9. The fourth-order valence-corrected chi connectivity index (χ4v) is 6.22. The van der Waals surface area contributed by atoms with Gasteiger partial charge in [0.25, 0.3) is 0 Å². The molecule has 9 heteroatoms. The number of carbonyl (C=O) groups excluding carboxylic acids is 2. The summed E-state index contributed by atoms with van der Waals surface area (Å²) in [5, 5.41) is 34.3. The van der Waals surface area contributed by atoms with Crippen molar-refractivity contribution in [1.29, 1.82) is 0 Å². The molecule has 3 rings (SSSR count). The average molecular weight is 537 g/mol. The van der Waals surface area contributed by atoms with Crippen molar-refractivity contribution in [1.82, 2.24) is 9.88 Å². The van der Waals surface area contributed by atoms with E-state index in [2.05, 4.69) is 9.88 Å². The van der Waals surface area contributed by atoms with Crippen LogP contribution in [0.5, 0.6) is 0 Å². The number of aromatic nitrogens is 1. The summed E-state index contributed by atoms with van der Waals surface area (Å²) in [5.74, 6) is -1.57. The highest BCUT2D eigenvalue weighted by atomic mass is 32.1. The number of Topliss-reactive ketones (excluding diaryl/α,β-unsaturated/α-hetero) is 1. The predicted molar refractivity (Wildman–Crippen MR) is 144 cm³/mol. The van der Waals surface area contributed by atoms with E-state index in [-0.39, 0.29) is 36.8 Å². The molecule has 208 valence electrons. The molecule has 2 fully saturated rings. The molecule has 0 spiro atoms. The molecule has 2 aliphatic heterocycles. The van der Waals surface area contributed by atoms with Gasteiger partial charge in [-0.1, -0.05) is 34.1 Å². The maximum atomic E-state index is 13.3. The molecule has 0 amide bonds. The molecule has 3 N–H and O–H groups in total. The molecular weight excluding hydrogens is 492 g/mol. The average Bonchev–Trinajstić information content (AvgIpc) is 3.29. The van der Waals surface area contributed by atoms with E-state index in [0.717, 1.165) is 35.5 Å². The Labute approximate surface area is 224 Å².